The Kier molecular flexibility index (Phi) is 4.05. The first-order chi connectivity index (χ1) is 12.3. The normalized spacial score (nSPS) is 30.3. The predicted molar refractivity (Wildman–Crippen MR) is 95.7 cm³/mol. The van der Waals surface area contributed by atoms with Crippen molar-refractivity contribution in [1.82, 2.24) is 5.32 Å². The molecule has 132 valence electrons. The molecule has 2 aliphatic rings. The number of rotatable bonds is 2. The molecule has 1 saturated heterocycles. The van der Waals surface area contributed by atoms with E-state index in [4.69, 9.17) is 21.7 Å². The van der Waals surface area contributed by atoms with Crippen molar-refractivity contribution < 1.29 is 9.53 Å². The summed E-state index contributed by atoms with van der Waals surface area (Å²) < 4.78 is 6.17. The van der Waals surface area contributed by atoms with Crippen molar-refractivity contribution in [3.63, 3.8) is 0 Å². The lowest BCUT2D eigenvalue weighted by Crippen LogP contribution is -2.57. The van der Waals surface area contributed by atoms with Gasteiger partial charge in [-0.05, 0) is 37.1 Å². The summed E-state index contributed by atoms with van der Waals surface area (Å²) in [5, 5.41) is 31.3. The molecule has 3 atom stereocenters. The molecule has 1 aromatic carbocycles. The van der Waals surface area contributed by atoms with Gasteiger partial charge in [-0.2, -0.15) is 10.5 Å². The highest BCUT2D eigenvalue weighted by Gasteiger charge is 2.74. The average Bonchev–Trinajstić information content (AvgIpc) is 2.84. The summed E-state index contributed by atoms with van der Waals surface area (Å²) in [6.45, 7) is 5.28. The van der Waals surface area contributed by atoms with Crippen LogP contribution in [0.4, 0.5) is 0 Å². The molecule has 0 aliphatic carbocycles. The molecular formula is C19H17ClN4O2. The third kappa shape index (κ3) is 1.97. The molecule has 1 amide bonds. The lowest BCUT2D eigenvalue weighted by Gasteiger charge is -2.46. The quantitative estimate of drug-likeness (QED) is 0.834. The molecule has 3 unspecified atom stereocenters. The van der Waals surface area contributed by atoms with Crippen molar-refractivity contribution in [1.29, 1.82) is 15.9 Å². The van der Waals surface area contributed by atoms with Gasteiger partial charge in [0.15, 0.2) is 10.8 Å². The smallest absolute Gasteiger partial charge is 0.252 e. The van der Waals surface area contributed by atoms with Gasteiger partial charge >= 0.3 is 0 Å². The zero-order valence-electron chi connectivity index (χ0n) is 14.6. The Morgan fingerprint density at radius 2 is 1.88 bits per heavy atom. The van der Waals surface area contributed by atoms with Crippen LogP contribution in [0.3, 0.4) is 0 Å². The van der Waals surface area contributed by atoms with Crippen LogP contribution in [0.1, 0.15) is 26.3 Å². The van der Waals surface area contributed by atoms with Gasteiger partial charge in [0.05, 0.1) is 12.1 Å². The Hall–Kier alpha value is -2.83. The Morgan fingerprint density at radius 1 is 1.27 bits per heavy atom. The summed E-state index contributed by atoms with van der Waals surface area (Å²) in [7, 11) is 0. The number of carbonyl (C=O) groups is 1. The highest BCUT2D eigenvalue weighted by atomic mass is 35.5. The maximum absolute atomic E-state index is 12.8. The average molecular weight is 369 g/mol. The van der Waals surface area contributed by atoms with Gasteiger partial charge in [0.25, 0.3) is 5.91 Å². The number of hydrogen-bond acceptors (Lipinski definition) is 5. The highest BCUT2D eigenvalue weighted by Crippen LogP contribution is 2.58. The lowest BCUT2D eigenvalue weighted by molar-refractivity contribution is -0.128. The topological polar surface area (TPSA) is 110 Å². The van der Waals surface area contributed by atoms with Crippen LogP contribution in [-0.4, -0.2) is 17.8 Å². The van der Waals surface area contributed by atoms with E-state index in [1.165, 1.54) is 0 Å². The molecule has 1 fully saturated rings. The molecule has 3 rings (SSSR count). The van der Waals surface area contributed by atoms with Crippen molar-refractivity contribution in [3.8, 4) is 12.1 Å². The lowest BCUT2D eigenvalue weighted by atomic mass is 9.56. The fourth-order valence-corrected chi connectivity index (χ4v) is 4.04. The third-order valence-electron chi connectivity index (χ3n) is 5.20. The molecule has 2 heterocycles. The number of halogens is 1. The van der Waals surface area contributed by atoms with Crippen molar-refractivity contribution >= 4 is 29.1 Å². The van der Waals surface area contributed by atoms with Crippen LogP contribution in [0.5, 0.6) is 0 Å². The molecule has 0 aromatic heterocycles. The van der Waals surface area contributed by atoms with Crippen molar-refractivity contribution in [2.24, 2.45) is 16.7 Å². The fraction of sp³-hybridized carbons (Fsp3) is 0.368. The maximum atomic E-state index is 12.8. The van der Waals surface area contributed by atoms with E-state index < -0.39 is 22.8 Å². The molecule has 2 N–H and O–H groups in total. The van der Waals surface area contributed by atoms with E-state index in [0.29, 0.717) is 21.9 Å². The second-order valence-electron chi connectivity index (χ2n) is 6.85. The summed E-state index contributed by atoms with van der Waals surface area (Å²) in [4.78, 5) is 12.8. The first kappa shape index (κ1) is 18.0. The van der Waals surface area contributed by atoms with Crippen LogP contribution in [0.15, 0.2) is 29.8 Å². The minimum Gasteiger partial charge on any atom is -0.487 e. The monoisotopic (exact) mass is 368 g/mol. The maximum Gasteiger partial charge on any atom is 0.252 e. The molecule has 0 spiro atoms. The molecular weight excluding hydrogens is 352 g/mol. The molecule has 0 saturated carbocycles. The number of nitriles is 2. The number of fused-ring (bicyclic) bond motifs is 1. The number of amidine groups is 1. The minimum atomic E-state index is -1.82. The zero-order chi connectivity index (χ0) is 19.3. The summed E-state index contributed by atoms with van der Waals surface area (Å²) in [5.74, 6) is -0.798. The van der Waals surface area contributed by atoms with Gasteiger partial charge in [0, 0.05) is 16.2 Å². The van der Waals surface area contributed by atoms with Gasteiger partial charge in [-0.15, -0.1) is 0 Å². The van der Waals surface area contributed by atoms with Crippen LogP contribution in [0.2, 0.25) is 5.02 Å². The Morgan fingerprint density at radius 3 is 2.38 bits per heavy atom. The van der Waals surface area contributed by atoms with Crippen molar-refractivity contribution in [2.45, 2.75) is 26.9 Å². The summed E-state index contributed by atoms with van der Waals surface area (Å²) in [6, 6.07) is 11.0. The number of nitrogens with zero attached hydrogens (tertiary/aromatic N) is 2. The first-order valence-electron chi connectivity index (χ1n) is 8.13. The summed E-state index contributed by atoms with van der Waals surface area (Å²) >= 11 is 5.95. The second-order valence-corrected chi connectivity index (χ2v) is 7.29. The second kappa shape index (κ2) is 5.86. The standard InChI is InChI=1S/C19H17ClN4O2/c1-10(2)15-19(9-22)16(23)24-17(25)18(19,8-21)11(3)14(26-15)12-4-6-13(20)7-5-12/h4-7,10,15H,1-3H3,(H2,23,24,25). The van der Waals surface area contributed by atoms with Crippen LogP contribution in [0, 0.1) is 44.8 Å². The largest absolute Gasteiger partial charge is 0.487 e. The van der Waals surface area contributed by atoms with Gasteiger partial charge < -0.3 is 10.1 Å². The number of nitrogens with one attached hydrogen (secondary N) is 2. The van der Waals surface area contributed by atoms with Gasteiger partial charge in [0.1, 0.15) is 17.7 Å². The number of carbonyl (C=O) groups excluding carboxylic acids is 1. The minimum absolute atomic E-state index is 0.217. The third-order valence-corrected chi connectivity index (χ3v) is 5.45. The molecule has 26 heavy (non-hydrogen) atoms. The van der Waals surface area contributed by atoms with E-state index in [0.717, 1.165) is 0 Å². The number of ether oxygens (including phenoxy) is 1. The summed E-state index contributed by atoms with van der Waals surface area (Å²) in [5.41, 5.74) is -2.56. The van der Waals surface area contributed by atoms with Gasteiger partial charge in [0.2, 0.25) is 0 Å². The highest BCUT2D eigenvalue weighted by molar-refractivity contribution is 6.30. The van der Waals surface area contributed by atoms with Crippen LogP contribution in [0.25, 0.3) is 5.76 Å². The summed E-state index contributed by atoms with van der Waals surface area (Å²) in [6.07, 6.45) is -0.840. The fourth-order valence-electron chi connectivity index (χ4n) is 3.92. The molecule has 0 bridgehead atoms. The number of benzene rings is 1. The SMILES string of the molecule is CC1=C(c2ccc(Cl)cc2)OC(C(C)C)C2(C#N)C(=N)NC(=O)C12C#N. The van der Waals surface area contributed by atoms with Crippen LogP contribution >= 0.6 is 11.6 Å². The van der Waals surface area contributed by atoms with E-state index >= 15 is 0 Å². The van der Waals surface area contributed by atoms with Crippen molar-refractivity contribution in [2.75, 3.05) is 0 Å². The van der Waals surface area contributed by atoms with Gasteiger partial charge in [-0.1, -0.05) is 25.4 Å². The molecule has 0 radical (unpaired) electrons. The Balaban J connectivity index is 2.38. The van der Waals surface area contributed by atoms with Crippen LogP contribution < -0.4 is 5.32 Å². The van der Waals surface area contributed by atoms with E-state index in [9.17, 15) is 15.3 Å². The van der Waals surface area contributed by atoms with E-state index in [1.807, 2.05) is 13.8 Å². The van der Waals surface area contributed by atoms with E-state index in [-0.39, 0.29) is 11.8 Å². The molecule has 2 aliphatic heterocycles. The molecule has 6 nitrogen and oxygen atoms in total. The number of amides is 1. The molecule has 7 heteroatoms. The Bertz CT molecular complexity index is 922. The number of hydrogen-bond donors (Lipinski definition) is 2. The van der Waals surface area contributed by atoms with Crippen molar-refractivity contribution in [3.05, 3.63) is 40.4 Å². The first-order valence-corrected chi connectivity index (χ1v) is 8.51. The Labute approximate surface area is 156 Å². The predicted octanol–water partition coefficient (Wildman–Crippen LogP) is 3.25. The van der Waals surface area contributed by atoms with Gasteiger partial charge in [-0.25, -0.2) is 0 Å². The van der Waals surface area contributed by atoms with E-state index in [2.05, 4.69) is 17.5 Å². The zero-order valence-corrected chi connectivity index (χ0v) is 15.3. The molecule has 1 aromatic rings. The van der Waals surface area contributed by atoms with E-state index in [1.54, 1.807) is 31.2 Å². The van der Waals surface area contributed by atoms with Crippen LogP contribution in [-0.2, 0) is 9.53 Å². The van der Waals surface area contributed by atoms with Gasteiger partial charge in [-0.3, -0.25) is 10.2 Å².